The third-order valence-electron chi connectivity index (χ3n) is 4.83. The molecule has 1 heterocycles. The van der Waals surface area contributed by atoms with Gasteiger partial charge in [0.2, 0.25) is 11.8 Å². The minimum atomic E-state index is -0.276. The van der Waals surface area contributed by atoms with E-state index < -0.39 is 0 Å². The van der Waals surface area contributed by atoms with Crippen molar-refractivity contribution in [3.8, 4) is 11.5 Å². The Labute approximate surface area is 212 Å². The lowest BCUT2D eigenvalue weighted by Crippen LogP contribution is -2.22. The van der Waals surface area contributed by atoms with Crippen molar-refractivity contribution in [1.29, 1.82) is 0 Å². The molecule has 184 valence electrons. The molecular weight excluding hydrogens is 490 g/mol. The van der Waals surface area contributed by atoms with Gasteiger partial charge in [0.05, 0.1) is 26.5 Å². The van der Waals surface area contributed by atoms with E-state index in [1.54, 1.807) is 56.7 Å². The minimum absolute atomic E-state index is 0.168. The molecule has 2 amide bonds. The zero-order chi connectivity index (χ0) is 25.2. The van der Waals surface area contributed by atoms with Crippen molar-refractivity contribution in [2.45, 2.75) is 25.2 Å². The number of methoxy groups -OCH3 is 2. The minimum Gasteiger partial charge on any atom is -0.493 e. The Bertz CT molecular complexity index is 1200. The van der Waals surface area contributed by atoms with Crippen LogP contribution in [-0.2, 0) is 22.7 Å². The van der Waals surface area contributed by atoms with Crippen LogP contribution < -0.4 is 20.1 Å². The fourth-order valence-corrected chi connectivity index (χ4v) is 4.04. The number of anilines is 1. The number of hydrogen-bond donors (Lipinski definition) is 2. The highest BCUT2D eigenvalue weighted by Gasteiger charge is 2.14. The molecule has 0 radical (unpaired) electrons. The predicted molar refractivity (Wildman–Crippen MR) is 137 cm³/mol. The van der Waals surface area contributed by atoms with Crippen LogP contribution in [0.25, 0.3) is 6.08 Å². The number of hydrogen-bond acceptors (Lipinski definition) is 7. The number of carbonyl (C=O) groups is 2. The lowest BCUT2D eigenvalue weighted by molar-refractivity contribution is -0.116. The molecule has 1 aromatic heterocycles. The summed E-state index contributed by atoms with van der Waals surface area (Å²) in [6.45, 7) is 2.75. The van der Waals surface area contributed by atoms with Crippen LogP contribution in [0, 0.1) is 0 Å². The van der Waals surface area contributed by atoms with Crippen molar-refractivity contribution in [2.75, 3.05) is 25.3 Å². The van der Waals surface area contributed by atoms with Crippen LogP contribution >= 0.6 is 23.4 Å². The predicted octanol–water partition coefficient (Wildman–Crippen LogP) is 4.03. The highest BCUT2D eigenvalue weighted by molar-refractivity contribution is 7.99. The molecule has 0 atom stereocenters. The number of thioether (sulfide) groups is 1. The topological polar surface area (TPSA) is 107 Å². The molecule has 0 saturated carbocycles. The SMILES string of the molecule is CCn1c(CNC(=O)C=Cc2ccc(OC)c(OC)c2)nnc1SCC(=O)Nc1ccc(Cl)cc1. The quantitative estimate of drug-likeness (QED) is 0.293. The molecule has 0 bridgehead atoms. The van der Waals surface area contributed by atoms with Crippen LogP contribution in [0.1, 0.15) is 18.3 Å². The average Bonchev–Trinajstić information content (AvgIpc) is 3.27. The van der Waals surface area contributed by atoms with Crippen molar-refractivity contribution >= 4 is 46.9 Å². The fraction of sp³-hybridized carbons (Fsp3) is 0.250. The van der Waals surface area contributed by atoms with Gasteiger partial charge >= 0.3 is 0 Å². The van der Waals surface area contributed by atoms with Gasteiger partial charge in [-0.05, 0) is 55.0 Å². The zero-order valence-corrected chi connectivity index (χ0v) is 21.2. The van der Waals surface area contributed by atoms with E-state index in [9.17, 15) is 9.59 Å². The second-order valence-electron chi connectivity index (χ2n) is 7.15. The van der Waals surface area contributed by atoms with Gasteiger partial charge in [-0.2, -0.15) is 0 Å². The van der Waals surface area contributed by atoms with Crippen LogP contribution in [0.2, 0.25) is 5.02 Å². The number of carbonyl (C=O) groups excluding carboxylic acids is 2. The second kappa shape index (κ2) is 12.8. The van der Waals surface area contributed by atoms with Gasteiger partial charge in [0.15, 0.2) is 22.5 Å². The molecule has 0 fully saturated rings. The summed E-state index contributed by atoms with van der Waals surface area (Å²) in [6, 6.07) is 12.3. The lowest BCUT2D eigenvalue weighted by Gasteiger charge is -2.08. The molecule has 0 aliphatic heterocycles. The van der Waals surface area contributed by atoms with Crippen molar-refractivity contribution in [2.24, 2.45) is 0 Å². The molecule has 2 aromatic carbocycles. The van der Waals surface area contributed by atoms with E-state index >= 15 is 0 Å². The molecule has 0 unspecified atom stereocenters. The van der Waals surface area contributed by atoms with Crippen molar-refractivity contribution in [3.63, 3.8) is 0 Å². The van der Waals surface area contributed by atoms with E-state index in [0.29, 0.717) is 39.7 Å². The molecule has 0 spiro atoms. The van der Waals surface area contributed by atoms with Crippen LogP contribution in [0.4, 0.5) is 5.69 Å². The first-order valence-corrected chi connectivity index (χ1v) is 12.1. The van der Waals surface area contributed by atoms with E-state index in [-0.39, 0.29) is 24.1 Å². The molecule has 3 rings (SSSR count). The fourth-order valence-electron chi connectivity index (χ4n) is 3.09. The summed E-state index contributed by atoms with van der Waals surface area (Å²) >= 11 is 7.14. The Balaban J connectivity index is 1.53. The number of rotatable bonds is 11. The molecule has 2 N–H and O–H groups in total. The highest BCUT2D eigenvalue weighted by atomic mass is 35.5. The lowest BCUT2D eigenvalue weighted by atomic mass is 10.2. The number of nitrogens with zero attached hydrogens (tertiary/aromatic N) is 3. The highest BCUT2D eigenvalue weighted by Crippen LogP contribution is 2.28. The Kier molecular flexibility index (Phi) is 9.56. The first-order valence-electron chi connectivity index (χ1n) is 10.7. The monoisotopic (exact) mass is 515 g/mol. The maximum Gasteiger partial charge on any atom is 0.244 e. The second-order valence-corrected chi connectivity index (χ2v) is 8.53. The Morgan fingerprint density at radius 3 is 2.51 bits per heavy atom. The third-order valence-corrected chi connectivity index (χ3v) is 6.04. The number of halogens is 1. The molecule has 0 saturated heterocycles. The maximum absolute atomic E-state index is 12.3. The van der Waals surface area contributed by atoms with Gasteiger partial charge in [0.25, 0.3) is 0 Å². The number of nitrogens with one attached hydrogen (secondary N) is 2. The van der Waals surface area contributed by atoms with E-state index in [1.165, 1.54) is 17.8 Å². The summed E-state index contributed by atoms with van der Waals surface area (Å²) in [5.74, 6) is 1.52. The summed E-state index contributed by atoms with van der Waals surface area (Å²) < 4.78 is 12.4. The van der Waals surface area contributed by atoms with Gasteiger partial charge in [-0.1, -0.05) is 29.4 Å². The van der Waals surface area contributed by atoms with Crippen LogP contribution in [-0.4, -0.2) is 46.6 Å². The molecule has 35 heavy (non-hydrogen) atoms. The summed E-state index contributed by atoms with van der Waals surface area (Å²) in [7, 11) is 3.12. The maximum atomic E-state index is 12.3. The largest absolute Gasteiger partial charge is 0.493 e. The van der Waals surface area contributed by atoms with Crippen molar-refractivity contribution in [1.82, 2.24) is 20.1 Å². The van der Waals surface area contributed by atoms with Gasteiger partial charge in [-0.25, -0.2) is 0 Å². The van der Waals surface area contributed by atoms with E-state index in [4.69, 9.17) is 21.1 Å². The number of amides is 2. The van der Waals surface area contributed by atoms with Crippen LogP contribution in [0.3, 0.4) is 0 Å². The van der Waals surface area contributed by atoms with Crippen LogP contribution in [0.15, 0.2) is 53.7 Å². The van der Waals surface area contributed by atoms with Gasteiger partial charge < -0.3 is 24.7 Å². The molecule has 0 aliphatic carbocycles. The first-order chi connectivity index (χ1) is 16.9. The first kappa shape index (κ1) is 26.1. The average molecular weight is 516 g/mol. The molecule has 0 aliphatic rings. The molecule has 3 aromatic rings. The van der Waals surface area contributed by atoms with Gasteiger partial charge in [-0.3, -0.25) is 9.59 Å². The molecular formula is C24H26ClN5O4S. The van der Waals surface area contributed by atoms with E-state index in [2.05, 4.69) is 20.8 Å². The zero-order valence-electron chi connectivity index (χ0n) is 19.6. The summed E-state index contributed by atoms with van der Waals surface area (Å²) in [4.78, 5) is 24.6. The smallest absolute Gasteiger partial charge is 0.244 e. The summed E-state index contributed by atoms with van der Waals surface area (Å²) in [5.41, 5.74) is 1.46. The van der Waals surface area contributed by atoms with Crippen LogP contribution in [0.5, 0.6) is 11.5 Å². The molecule has 9 nitrogen and oxygen atoms in total. The normalized spacial score (nSPS) is 10.9. The van der Waals surface area contributed by atoms with E-state index in [0.717, 1.165) is 5.56 Å². The summed E-state index contributed by atoms with van der Waals surface area (Å²) in [6.07, 6.45) is 3.12. The third kappa shape index (κ3) is 7.49. The van der Waals surface area contributed by atoms with Gasteiger partial charge in [-0.15, -0.1) is 10.2 Å². The number of ether oxygens (including phenoxy) is 2. The van der Waals surface area contributed by atoms with Gasteiger partial charge in [0.1, 0.15) is 0 Å². The summed E-state index contributed by atoms with van der Waals surface area (Å²) in [5, 5.41) is 15.2. The molecule has 11 heteroatoms. The Hall–Kier alpha value is -3.50. The Morgan fingerprint density at radius 1 is 1.09 bits per heavy atom. The Morgan fingerprint density at radius 2 is 1.83 bits per heavy atom. The van der Waals surface area contributed by atoms with Crippen molar-refractivity contribution in [3.05, 3.63) is 65.0 Å². The van der Waals surface area contributed by atoms with Gasteiger partial charge in [0, 0.05) is 23.3 Å². The number of aromatic nitrogens is 3. The van der Waals surface area contributed by atoms with Crippen molar-refractivity contribution < 1.29 is 19.1 Å². The standard InChI is InChI=1S/C24H26ClN5O4S/c1-4-30-21(14-26-22(31)12-6-16-5-11-19(33-2)20(13-16)34-3)28-29-24(30)35-15-23(32)27-18-9-7-17(25)8-10-18/h5-13H,4,14-15H2,1-3H3,(H,26,31)(H,27,32). The number of benzene rings is 2. The van der Waals surface area contributed by atoms with E-state index in [1.807, 2.05) is 17.6 Å².